The Morgan fingerprint density at radius 2 is 1.89 bits per heavy atom. The number of hydrogen-bond donors (Lipinski definition) is 2. The molecule has 7 heteroatoms. The highest BCUT2D eigenvalue weighted by atomic mass is 19.1. The Morgan fingerprint density at radius 3 is 2.44 bits per heavy atom. The van der Waals surface area contributed by atoms with E-state index in [0.29, 0.717) is 5.69 Å². The van der Waals surface area contributed by atoms with Crippen LogP contribution in [0.25, 0.3) is 5.69 Å². The van der Waals surface area contributed by atoms with Crippen LogP contribution in [0.3, 0.4) is 0 Å². The molecule has 6 nitrogen and oxygen atoms in total. The van der Waals surface area contributed by atoms with Gasteiger partial charge in [0.25, 0.3) is 11.5 Å². The minimum absolute atomic E-state index is 0.112. The zero-order chi connectivity index (χ0) is 19.6. The summed E-state index contributed by atoms with van der Waals surface area (Å²) in [4.78, 5) is 36.2. The molecule has 1 aromatic heterocycles. The average molecular weight is 372 g/mol. The van der Waals surface area contributed by atoms with Crippen molar-refractivity contribution in [2.45, 2.75) is 38.1 Å². The standard InChI is InChI=1S/C20H21FN2O4/c1-20(11-18(25)26,14-3-2-4-14)22-19(27)13-5-10-17(24)23(12-13)16-8-6-15(21)7-9-16/h5-10,12,14H,2-4,11H2,1H3,(H,22,27)(H,25,26). The van der Waals surface area contributed by atoms with Crippen LogP contribution in [0.5, 0.6) is 0 Å². The first-order valence-electron chi connectivity index (χ1n) is 8.81. The van der Waals surface area contributed by atoms with Crippen molar-refractivity contribution in [3.8, 4) is 5.69 Å². The van der Waals surface area contributed by atoms with Crippen LogP contribution in [0.1, 0.15) is 43.0 Å². The van der Waals surface area contributed by atoms with Gasteiger partial charge in [0.2, 0.25) is 0 Å². The molecule has 1 amide bonds. The van der Waals surface area contributed by atoms with Crippen LogP contribution < -0.4 is 10.9 Å². The fourth-order valence-electron chi connectivity index (χ4n) is 3.41. The number of carboxylic acids is 1. The first-order valence-corrected chi connectivity index (χ1v) is 8.81. The number of rotatable bonds is 6. The Hall–Kier alpha value is -2.96. The number of carbonyl (C=O) groups excluding carboxylic acids is 1. The molecule has 1 fully saturated rings. The van der Waals surface area contributed by atoms with E-state index in [-0.39, 0.29) is 23.5 Å². The SMILES string of the molecule is CC(CC(=O)O)(NC(=O)c1ccc(=O)n(-c2ccc(F)cc2)c1)C1CCC1. The Kier molecular flexibility index (Phi) is 5.12. The largest absolute Gasteiger partial charge is 0.481 e. The molecule has 1 heterocycles. The van der Waals surface area contributed by atoms with E-state index in [0.717, 1.165) is 19.3 Å². The van der Waals surface area contributed by atoms with Gasteiger partial charge < -0.3 is 10.4 Å². The highest BCUT2D eigenvalue weighted by molar-refractivity contribution is 5.94. The van der Waals surface area contributed by atoms with Crippen LogP contribution in [0.4, 0.5) is 4.39 Å². The maximum absolute atomic E-state index is 13.1. The summed E-state index contributed by atoms with van der Waals surface area (Å²) >= 11 is 0. The smallest absolute Gasteiger partial charge is 0.305 e. The van der Waals surface area contributed by atoms with Crippen LogP contribution in [0.2, 0.25) is 0 Å². The minimum atomic E-state index is -0.971. The van der Waals surface area contributed by atoms with Crippen LogP contribution in [0.15, 0.2) is 47.4 Å². The van der Waals surface area contributed by atoms with Gasteiger partial charge in [-0.25, -0.2) is 4.39 Å². The summed E-state index contributed by atoms with van der Waals surface area (Å²) in [6.07, 6.45) is 3.98. The maximum Gasteiger partial charge on any atom is 0.305 e. The second-order valence-electron chi connectivity index (χ2n) is 7.17. The van der Waals surface area contributed by atoms with E-state index in [1.54, 1.807) is 6.92 Å². The molecule has 2 aromatic rings. The number of pyridine rings is 1. The normalized spacial score (nSPS) is 16.2. The number of hydrogen-bond acceptors (Lipinski definition) is 3. The topological polar surface area (TPSA) is 88.4 Å². The van der Waals surface area contributed by atoms with Crippen molar-refractivity contribution < 1.29 is 19.1 Å². The summed E-state index contributed by atoms with van der Waals surface area (Å²) in [6, 6.07) is 8.02. The Labute approximate surface area is 155 Å². The lowest BCUT2D eigenvalue weighted by molar-refractivity contribution is -0.139. The summed E-state index contributed by atoms with van der Waals surface area (Å²) in [6.45, 7) is 1.75. The zero-order valence-corrected chi connectivity index (χ0v) is 14.9. The molecule has 1 saturated carbocycles. The number of benzene rings is 1. The number of nitrogens with one attached hydrogen (secondary N) is 1. The number of carbonyl (C=O) groups is 2. The molecule has 0 spiro atoms. The van der Waals surface area contributed by atoms with Gasteiger partial charge in [-0.1, -0.05) is 6.42 Å². The molecule has 0 saturated heterocycles. The molecule has 142 valence electrons. The second-order valence-corrected chi connectivity index (χ2v) is 7.17. The molecule has 1 aromatic carbocycles. The molecule has 0 bridgehead atoms. The van der Waals surface area contributed by atoms with Gasteiger partial charge in [-0.3, -0.25) is 19.0 Å². The van der Waals surface area contributed by atoms with E-state index in [1.165, 1.54) is 47.2 Å². The van der Waals surface area contributed by atoms with E-state index in [9.17, 15) is 23.9 Å². The first-order chi connectivity index (χ1) is 12.8. The fourth-order valence-corrected chi connectivity index (χ4v) is 3.41. The van der Waals surface area contributed by atoms with E-state index in [2.05, 4.69) is 5.32 Å². The fraction of sp³-hybridized carbons (Fsp3) is 0.350. The highest BCUT2D eigenvalue weighted by Crippen LogP contribution is 2.38. The number of carboxylic acid groups (broad SMARTS) is 1. The Bertz CT molecular complexity index is 918. The summed E-state index contributed by atoms with van der Waals surface area (Å²) in [5.41, 5.74) is -0.540. The van der Waals surface area contributed by atoms with Gasteiger partial charge in [-0.2, -0.15) is 0 Å². The summed E-state index contributed by atoms with van der Waals surface area (Å²) in [5.74, 6) is -1.73. The predicted octanol–water partition coefficient (Wildman–Crippen LogP) is 2.74. The third-order valence-corrected chi connectivity index (χ3v) is 5.20. The molecule has 2 N–H and O–H groups in total. The molecular weight excluding hydrogens is 351 g/mol. The minimum Gasteiger partial charge on any atom is -0.481 e. The number of halogens is 1. The molecule has 1 atom stereocenters. The summed E-state index contributed by atoms with van der Waals surface area (Å²) < 4.78 is 14.4. The average Bonchev–Trinajstić information content (AvgIpc) is 2.53. The lowest BCUT2D eigenvalue weighted by Gasteiger charge is -2.42. The van der Waals surface area contributed by atoms with Crippen molar-refractivity contribution in [1.82, 2.24) is 9.88 Å². The zero-order valence-electron chi connectivity index (χ0n) is 14.9. The van der Waals surface area contributed by atoms with E-state index in [4.69, 9.17) is 0 Å². The third-order valence-electron chi connectivity index (χ3n) is 5.20. The highest BCUT2D eigenvalue weighted by Gasteiger charge is 2.41. The van der Waals surface area contributed by atoms with Crippen LogP contribution >= 0.6 is 0 Å². The molecule has 1 aliphatic rings. The first kappa shape index (κ1) is 18.8. The van der Waals surface area contributed by atoms with Gasteiger partial charge in [0.15, 0.2) is 0 Å². The molecular formula is C20H21FN2O4. The molecule has 27 heavy (non-hydrogen) atoms. The monoisotopic (exact) mass is 372 g/mol. The molecule has 0 radical (unpaired) electrons. The molecule has 1 unspecified atom stereocenters. The predicted molar refractivity (Wildman–Crippen MR) is 97.5 cm³/mol. The lowest BCUT2D eigenvalue weighted by atomic mass is 9.70. The van der Waals surface area contributed by atoms with Gasteiger partial charge in [0.1, 0.15) is 5.82 Å². The van der Waals surface area contributed by atoms with E-state index >= 15 is 0 Å². The van der Waals surface area contributed by atoms with Crippen molar-refractivity contribution in [3.05, 3.63) is 64.3 Å². The Morgan fingerprint density at radius 1 is 1.22 bits per heavy atom. The lowest BCUT2D eigenvalue weighted by Crippen LogP contribution is -2.54. The number of nitrogens with zero attached hydrogens (tertiary/aromatic N) is 1. The van der Waals surface area contributed by atoms with Crippen molar-refractivity contribution in [1.29, 1.82) is 0 Å². The second kappa shape index (κ2) is 7.34. The van der Waals surface area contributed by atoms with Gasteiger partial charge in [-0.05, 0) is 56.0 Å². The van der Waals surface area contributed by atoms with Gasteiger partial charge in [-0.15, -0.1) is 0 Å². The van der Waals surface area contributed by atoms with Gasteiger partial charge >= 0.3 is 5.97 Å². The van der Waals surface area contributed by atoms with Crippen LogP contribution in [0, 0.1) is 11.7 Å². The van der Waals surface area contributed by atoms with E-state index in [1.807, 2.05) is 0 Å². The van der Waals surface area contributed by atoms with Crippen LogP contribution in [-0.4, -0.2) is 27.1 Å². The Balaban J connectivity index is 1.88. The van der Waals surface area contributed by atoms with Gasteiger partial charge in [0.05, 0.1) is 17.5 Å². The molecule has 3 rings (SSSR count). The molecule has 0 aliphatic heterocycles. The van der Waals surface area contributed by atoms with Crippen LogP contribution in [-0.2, 0) is 4.79 Å². The van der Waals surface area contributed by atoms with E-state index < -0.39 is 23.2 Å². The molecule has 1 aliphatic carbocycles. The van der Waals surface area contributed by atoms with Crippen molar-refractivity contribution in [2.75, 3.05) is 0 Å². The number of aliphatic carboxylic acids is 1. The summed E-state index contributed by atoms with van der Waals surface area (Å²) in [7, 11) is 0. The van der Waals surface area contributed by atoms with Crippen molar-refractivity contribution in [2.24, 2.45) is 5.92 Å². The maximum atomic E-state index is 13.1. The third kappa shape index (κ3) is 4.07. The summed E-state index contributed by atoms with van der Waals surface area (Å²) in [5, 5.41) is 12.1. The quantitative estimate of drug-likeness (QED) is 0.816. The number of amides is 1. The number of aromatic nitrogens is 1. The van der Waals surface area contributed by atoms with Crippen molar-refractivity contribution >= 4 is 11.9 Å². The van der Waals surface area contributed by atoms with Gasteiger partial charge in [0, 0.05) is 18.0 Å². The van der Waals surface area contributed by atoms with Crippen molar-refractivity contribution in [3.63, 3.8) is 0 Å².